The maximum absolute atomic E-state index is 12.6. The molecule has 4 aromatic heterocycles. The second kappa shape index (κ2) is 12.2. The summed E-state index contributed by atoms with van der Waals surface area (Å²) in [6.07, 6.45) is 1.16. The van der Waals surface area contributed by atoms with Gasteiger partial charge in [-0.2, -0.15) is 18.3 Å². The molecule has 0 unspecified atom stereocenters. The van der Waals surface area contributed by atoms with Gasteiger partial charge in [0.15, 0.2) is 11.4 Å². The monoisotopic (exact) mass is 517 g/mol. The first-order valence-corrected chi connectivity index (χ1v) is 12.7. The zero-order valence-electron chi connectivity index (χ0n) is 20.8. The number of halogens is 3. The van der Waals surface area contributed by atoms with Crippen LogP contribution in [0.4, 0.5) is 13.2 Å². The zero-order valence-corrected chi connectivity index (χ0v) is 21.6. The van der Waals surface area contributed by atoms with Gasteiger partial charge in [0.05, 0.1) is 16.8 Å². The number of Topliss-reactive ketones (excluding diaryl/α,β-unsaturated/α-hetero) is 1. The Bertz CT molecular complexity index is 1270. The summed E-state index contributed by atoms with van der Waals surface area (Å²) in [5, 5.41) is 6.26. The van der Waals surface area contributed by atoms with E-state index in [0.717, 1.165) is 42.3 Å². The van der Waals surface area contributed by atoms with Gasteiger partial charge in [0, 0.05) is 36.0 Å². The maximum atomic E-state index is 12.6. The highest BCUT2D eigenvalue weighted by Crippen LogP contribution is 2.28. The predicted octanol–water partition coefficient (Wildman–Crippen LogP) is 6.56. The fourth-order valence-corrected chi connectivity index (χ4v) is 4.51. The third-order valence-corrected chi connectivity index (χ3v) is 6.81. The first-order chi connectivity index (χ1) is 17.1. The van der Waals surface area contributed by atoms with Gasteiger partial charge in [0.25, 0.3) is 0 Å². The Morgan fingerprint density at radius 3 is 2.58 bits per heavy atom. The number of ketones is 1. The second-order valence-electron chi connectivity index (χ2n) is 8.35. The van der Waals surface area contributed by atoms with E-state index in [1.807, 2.05) is 52.2 Å². The van der Waals surface area contributed by atoms with Crippen LogP contribution in [0, 0.1) is 6.92 Å². The van der Waals surface area contributed by atoms with Crippen LogP contribution in [0.2, 0.25) is 0 Å². The van der Waals surface area contributed by atoms with E-state index in [1.165, 1.54) is 10.9 Å². The van der Waals surface area contributed by atoms with Gasteiger partial charge in [-0.15, -0.1) is 11.3 Å². The van der Waals surface area contributed by atoms with E-state index >= 15 is 0 Å². The number of nitrogens with zero attached hydrogens (tertiary/aromatic N) is 5. The van der Waals surface area contributed by atoms with Gasteiger partial charge in [0.1, 0.15) is 5.69 Å². The summed E-state index contributed by atoms with van der Waals surface area (Å²) in [5.74, 6) is -0.276. The SMILES string of the molecule is CCN(CC)[C@@H](C)CCC(=O)c1ccnc(C(F)(F)F)c1.Cc1cnn2ccc(-c3cccs3)nc12. The van der Waals surface area contributed by atoms with Crippen molar-refractivity contribution in [1.82, 2.24) is 24.5 Å². The van der Waals surface area contributed by atoms with Crippen molar-refractivity contribution in [2.75, 3.05) is 13.1 Å². The van der Waals surface area contributed by atoms with Gasteiger partial charge in [-0.3, -0.25) is 9.78 Å². The lowest BCUT2D eigenvalue weighted by atomic mass is 10.0. The van der Waals surface area contributed by atoms with Crippen molar-refractivity contribution >= 4 is 22.8 Å². The number of thiophene rings is 1. The van der Waals surface area contributed by atoms with Gasteiger partial charge < -0.3 is 4.90 Å². The molecule has 0 saturated carbocycles. The molecule has 36 heavy (non-hydrogen) atoms. The number of aryl methyl sites for hydroxylation is 1. The van der Waals surface area contributed by atoms with Gasteiger partial charge in [-0.1, -0.05) is 19.9 Å². The highest BCUT2D eigenvalue weighted by atomic mass is 32.1. The number of fused-ring (bicyclic) bond motifs is 1. The molecule has 4 heterocycles. The number of alkyl halides is 3. The molecule has 0 spiro atoms. The lowest BCUT2D eigenvalue weighted by Gasteiger charge is -2.26. The number of carbonyl (C=O) groups excluding carboxylic acids is 1. The van der Waals surface area contributed by atoms with Crippen molar-refractivity contribution in [1.29, 1.82) is 0 Å². The van der Waals surface area contributed by atoms with Crippen LogP contribution >= 0.6 is 11.3 Å². The van der Waals surface area contributed by atoms with Gasteiger partial charge in [-0.05, 0) is 63.0 Å². The molecule has 0 N–H and O–H groups in total. The van der Waals surface area contributed by atoms with E-state index in [2.05, 4.69) is 31.4 Å². The maximum Gasteiger partial charge on any atom is 0.433 e. The third-order valence-electron chi connectivity index (χ3n) is 5.92. The van der Waals surface area contributed by atoms with Crippen molar-refractivity contribution in [3.8, 4) is 10.6 Å². The zero-order chi connectivity index (χ0) is 26.3. The molecular weight excluding hydrogens is 487 g/mol. The van der Waals surface area contributed by atoms with Gasteiger partial charge in [-0.25, -0.2) is 9.50 Å². The van der Waals surface area contributed by atoms with E-state index in [4.69, 9.17) is 0 Å². The molecule has 0 radical (unpaired) electrons. The molecule has 0 fully saturated rings. The number of aromatic nitrogens is 4. The van der Waals surface area contributed by atoms with Crippen LogP contribution in [-0.4, -0.2) is 49.4 Å². The summed E-state index contributed by atoms with van der Waals surface area (Å²) >= 11 is 1.70. The van der Waals surface area contributed by atoms with E-state index in [1.54, 1.807) is 15.9 Å². The Morgan fingerprint density at radius 2 is 1.94 bits per heavy atom. The minimum Gasteiger partial charge on any atom is -0.301 e. The standard InChI is InChI=1S/C15H21F3N2O.C11H9N3S/c1-4-20(5-2)11(3)6-7-13(21)12-8-9-19-14(10-12)15(16,17)18;1-8-7-12-14-5-4-9(13-11(8)14)10-3-2-6-15-10/h8-11H,4-7H2,1-3H3;2-7H,1H3/t11-;/m0./s1. The number of hydrogen-bond donors (Lipinski definition) is 0. The van der Waals surface area contributed by atoms with Crippen molar-refractivity contribution in [3.05, 3.63) is 71.1 Å². The molecule has 0 aliphatic heterocycles. The van der Waals surface area contributed by atoms with Crippen LogP contribution in [0.3, 0.4) is 0 Å². The molecule has 6 nitrogen and oxygen atoms in total. The van der Waals surface area contributed by atoms with Crippen molar-refractivity contribution in [2.24, 2.45) is 0 Å². The van der Waals surface area contributed by atoms with Crippen LogP contribution < -0.4 is 0 Å². The Hall–Kier alpha value is -3.11. The third kappa shape index (κ3) is 6.98. The smallest absolute Gasteiger partial charge is 0.301 e. The molecule has 0 aliphatic carbocycles. The predicted molar refractivity (Wildman–Crippen MR) is 136 cm³/mol. The Balaban J connectivity index is 0.000000210. The Labute approximate surface area is 212 Å². The number of pyridine rings is 1. The lowest BCUT2D eigenvalue weighted by Crippen LogP contribution is -2.33. The number of rotatable bonds is 8. The normalized spacial score (nSPS) is 12.4. The molecule has 1 atom stereocenters. The second-order valence-corrected chi connectivity index (χ2v) is 9.29. The Morgan fingerprint density at radius 1 is 1.19 bits per heavy atom. The fraction of sp³-hybridized carbons (Fsp3) is 0.385. The minimum absolute atomic E-state index is 0.0732. The molecule has 4 aromatic rings. The van der Waals surface area contributed by atoms with Crippen LogP contribution in [-0.2, 0) is 6.18 Å². The fourth-order valence-electron chi connectivity index (χ4n) is 3.82. The molecule has 0 bridgehead atoms. The molecule has 0 amide bonds. The van der Waals surface area contributed by atoms with Crippen LogP contribution in [0.15, 0.2) is 54.3 Å². The average Bonchev–Trinajstić information content (AvgIpc) is 3.53. The number of carbonyl (C=O) groups is 1. The summed E-state index contributed by atoms with van der Waals surface area (Å²) < 4.78 is 39.5. The van der Waals surface area contributed by atoms with Crippen molar-refractivity contribution in [2.45, 2.75) is 52.8 Å². The van der Waals surface area contributed by atoms with E-state index in [-0.39, 0.29) is 23.8 Å². The molecule has 0 aliphatic rings. The molecule has 0 saturated heterocycles. The van der Waals surface area contributed by atoms with Crippen LogP contribution in [0.5, 0.6) is 0 Å². The first-order valence-electron chi connectivity index (χ1n) is 11.8. The summed E-state index contributed by atoms with van der Waals surface area (Å²) in [6, 6.07) is 8.49. The van der Waals surface area contributed by atoms with Crippen LogP contribution in [0.25, 0.3) is 16.2 Å². The first kappa shape index (κ1) is 27.5. The van der Waals surface area contributed by atoms with Crippen molar-refractivity contribution in [3.63, 3.8) is 0 Å². The summed E-state index contributed by atoms with van der Waals surface area (Å²) in [4.78, 5) is 23.3. The number of hydrogen-bond acceptors (Lipinski definition) is 6. The summed E-state index contributed by atoms with van der Waals surface area (Å²) in [7, 11) is 0. The average molecular weight is 518 g/mol. The van der Waals surface area contributed by atoms with Gasteiger partial charge in [0.2, 0.25) is 0 Å². The molecule has 10 heteroatoms. The van der Waals surface area contributed by atoms with Crippen molar-refractivity contribution < 1.29 is 18.0 Å². The summed E-state index contributed by atoms with van der Waals surface area (Å²) in [5.41, 5.74) is 2.10. The minimum atomic E-state index is -4.52. The molecule has 192 valence electrons. The molecule has 4 rings (SSSR count). The lowest BCUT2D eigenvalue weighted by molar-refractivity contribution is -0.141. The van der Waals surface area contributed by atoms with E-state index in [9.17, 15) is 18.0 Å². The summed E-state index contributed by atoms with van der Waals surface area (Å²) in [6.45, 7) is 9.90. The topological polar surface area (TPSA) is 63.4 Å². The van der Waals surface area contributed by atoms with Gasteiger partial charge >= 0.3 is 6.18 Å². The molecular formula is C26H30F3N5OS. The van der Waals surface area contributed by atoms with E-state index < -0.39 is 11.9 Å². The highest BCUT2D eigenvalue weighted by Gasteiger charge is 2.32. The van der Waals surface area contributed by atoms with E-state index in [0.29, 0.717) is 6.42 Å². The molecule has 0 aromatic carbocycles. The highest BCUT2D eigenvalue weighted by molar-refractivity contribution is 7.13. The Kier molecular flexibility index (Phi) is 9.33. The van der Waals surface area contributed by atoms with Crippen LogP contribution in [0.1, 0.15) is 55.2 Å². The quantitative estimate of drug-likeness (QED) is 0.248. The largest absolute Gasteiger partial charge is 0.433 e.